The van der Waals surface area contributed by atoms with E-state index in [1.807, 2.05) is 0 Å². The summed E-state index contributed by atoms with van der Waals surface area (Å²) in [6.07, 6.45) is -2.30. The molecule has 0 radical (unpaired) electrons. The van der Waals surface area contributed by atoms with Crippen LogP contribution in [-0.4, -0.2) is 40.6 Å². The van der Waals surface area contributed by atoms with Gasteiger partial charge in [0, 0.05) is 30.0 Å². The van der Waals surface area contributed by atoms with E-state index in [1.165, 1.54) is 24.3 Å². The molecule has 14 heteroatoms. The normalized spacial score (nSPS) is 15.9. The fourth-order valence-corrected chi connectivity index (χ4v) is 4.71. The zero-order valence-electron chi connectivity index (χ0n) is 18.7. The van der Waals surface area contributed by atoms with Crippen LogP contribution in [0, 0.1) is 0 Å². The van der Waals surface area contributed by atoms with Crippen LogP contribution >= 0.6 is 0 Å². The maximum absolute atomic E-state index is 13.9. The lowest BCUT2D eigenvalue weighted by Crippen LogP contribution is -2.32. The van der Waals surface area contributed by atoms with Gasteiger partial charge in [0.05, 0.1) is 11.3 Å². The summed E-state index contributed by atoms with van der Waals surface area (Å²) in [5, 5.41) is 0. The van der Waals surface area contributed by atoms with Gasteiger partial charge in [0.25, 0.3) is 22.5 Å². The maximum Gasteiger partial charge on any atom is 0.451 e. The van der Waals surface area contributed by atoms with Crippen LogP contribution < -0.4 is 14.3 Å². The molecule has 36 heavy (non-hydrogen) atoms. The first-order valence-electron chi connectivity index (χ1n) is 10.8. The first kappa shape index (κ1) is 26.0. The van der Waals surface area contributed by atoms with E-state index in [-0.39, 0.29) is 28.5 Å². The van der Waals surface area contributed by atoms with Crippen molar-refractivity contribution in [2.75, 3.05) is 27.4 Å². The van der Waals surface area contributed by atoms with Gasteiger partial charge in [-0.2, -0.15) is 13.2 Å². The summed E-state index contributed by atoms with van der Waals surface area (Å²) in [5.41, 5.74) is 1.44. The standard InChI is InChI=1S/C22H22F3N5O4S2/c23-22(24,25)21-26-19(15-7-5-9-17(13-15)29-36(33)34)18(20(27-21)30-10-2-1-3-11-30)14-6-4-8-16(12-14)28-35(31)32/h4-9,12-13,28-29H,1-3,10-11H2,(H,31,32)(H,33,34). The number of nitrogens with one attached hydrogen (secondary N) is 2. The van der Waals surface area contributed by atoms with Crippen LogP contribution in [0.4, 0.5) is 30.4 Å². The van der Waals surface area contributed by atoms with Gasteiger partial charge in [0.1, 0.15) is 5.82 Å². The monoisotopic (exact) mass is 541 g/mol. The number of nitrogens with zero attached hydrogens (tertiary/aromatic N) is 3. The number of rotatable bonds is 7. The topological polar surface area (TPSA) is 128 Å². The summed E-state index contributed by atoms with van der Waals surface area (Å²) < 4.78 is 87.4. The maximum atomic E-state index is 13.9. The third-order valence-corrected chi connectivity index (χ3v) is 6.32. The number of anilines is 3. The molecule has 1 aromatic heterocycles. The third-order valence-electron chi connectivity index (χ3n) is 5.50. The second-order valence-corrected chi connectivity index (χ2v) is 9.41. The van der Waals surface area contributed by atoms with Gasteiger partial charge in [0.15, 0.2) is 0 Å². The van der Waals surface area contributed by atoms with Crippen LogP contribution in [-0.2, 0) is 28.7 Å². The molecular weight excluding hydrogens is 519 g/mol. The summed E-state index contributed by atoms with van der Waals surface area (Å²) in [6, 6.07) is 12.3. The molecule has 2 aromatic carbocycles. The second-order valence-electron chi connectivity index (χ2n) is 8.00. The number of aromatic nitrogens is 2. The minimum Gasteiger partial charge on any atom is -0.356 e. The number of benzene rings is 2. The highest BCUT2D eigenvalue weighted by atomic mass is 32.2. The Morgan fingerprint density at radius 2 is 1.39 bits per heavy atom. The van der Waals surface area contributed by atoms with Crippen molar-refractivity contribution in [2.24, 2.45) is 0 Å². The first-order valence-corrected chi connectivity index (χ1v) is 13.0. The minimum atomic E-state index is -4.82. The van der Waals surface area contributed by atoms with Crippen molar-refractivity contribution in [3.63, 3.8) is 0 Å². The SMILES string of the molecule is O=S(O)Nc1cccc(-c2nc(C(F)(F)F)nc(N3CCCCC3)c2-c2cccc(NS(=O)O)c2)c1. The van der Waals surface area contributed by atoms with Crippen LogP contribution in [0.25, 0.3) is 22.4 Å². The molecule has 3 aromatic rings. The van der Waals surface area contributed by atoms with Gasteiger partial charge >= 0.3 is 6.18 Å². The molecule has 4 rings (SSSR count). The summed E-state index contributed by atoms with van der Waals surface area (Å²) >= 11 is -4.75. The molecule has 1 aliphatic heterocycles. The highest BCUT2D eigenvalue weighted by molar-refractivity contribution is 7.80. The molecule has 0 aliphatic carbocycles. The van der Waals surface area contributed by atoms with Crippen LogP contribution in [0.3, 0.4) is 0 Å². The van der Waals surface area contributed by atoms with Gasteiger partial charge in [0.2, 0.25) is 5.82 Å². The van der Waals surface area contributed by atoms with E-state index in [1.54, 1.807) is 29.2 Å². The lowest BCUT2D eigenvalue weighted by Gasteiger charge is -2.31. The second kappa shape index (κ2) is 10.9. The van der Waals surface area contributed by atoms with Crippen molar-refractivity contribution >= 4 is 39.7 Å². The molecule has 2 unspecified atom stereocenters. The Bertz CT molecular complexity index is 1300. The molecule has 1 aliphatic rings. The van der Waals surface area contributed by atoms with Gasteiger partial charge in [-0.15, -0.1) is 0 Å². The van der Waals surface area contributed by atoms with Gasteiger partial charge < -0.3 is 4.90 Å². The number of halogens is 3. The van der Waals surface area contributed by atoms with Gasteiger partial charge in [-0.25, -0.2) is 18.4 Å². The predicted octanol–water partition coefficient (Wildman–Crippen LogP) is 4.92. The van der Waals surface area contributed by atoms with Gasteiger partial charge in [-0.3, -0.25) is 18.5 Å². The molecular formula is C22H22F3N5O4S2. The summed E-state index contributed by atoms with van der Waals surface area (Å²) in [4.78, 5) is 9.63. The zero-order valence-corrected chi connectivity index (χ0v) is 20.3. The Hall–Kier alpha value is -3.07. The first-order chi connectivity index (χ1) is 17.1. The van der Waals surface area contributed by atoms with E-state index in [0.29, 0.717) is 24.2 Å². The Morgan fingerprint density at radius 1 is 0.833 bits per heavy atom. The Balaban J connectivity index is 2.01. The van der Waals surface area contributed by atoms with Gasteiger partial charge in [-0.05, 0) is 49.1 Å². The molecule has 0 saturated carbocycles. The van der Waals surface area contributed by atoms with Crippen molar-refractivity contribution in [2.45, 2.75) is 25.4 Å². The highest BCUT2D eigenvalue weighted by Gasteiger charge is 2.37. The van der Waals surface area contributed by atoms with E-state index in [4.69, 9.17) is 0 Å². The van der Waals surface area contributed by atoms with E-state index in [0.717, 1.165) is 19.3 Å². The molecule has 9 nitrogen and oxygen atoms in total. The average Bonchev–Trinajstić information content (AvgIpc) is 2.83. The Kier molecular flexibility index (Phi) is 7.88. The molecule has 1 fully saturated rings. The largest absolute Gasteiger partial charge is 0.451 e. The van der Waals surface area contributed by atoms with E-state index in [9.17, 15) is 30.7 Å². The van der Waals surface area contributed by atoms with Gasteiger partial charge in [-0.1, -0.05) is 24.3 Å². The van der Waals surface area contributed by atoms with Crippen LogP contribution in [0.1, 0.15) is 25.1 Å². The Labute approximate surface area is 210 Å². The zero-order chi connectivity index (χ0) is 25.9. The molecule has 192 valence electrons. The number of hydrogen-bond acceptors (Lipinski definition) is 5. The molecule has 0 spiro atoms. The quantitative estimate of drug-likeness (QED) is 0.313. The molecule has 1 saturated heterocycles. The number of piperidine rings is 1. The minimum absolute atomic E-state index is 0.0347. The van der Waals surface area contributed by atoms with Crippen LogP contribution in [0.2, 0.25) is 0 Å². The van der Waals surface area contributed by atoms with Crippen LogP contribution in [0.5, 0.6) is 0 Å². The fourth-order valence-electron chi connectivity index (χ4n) is 4.05. The fraction of sp³-hybridized carbons (Fsp3) is 0.273. The predicted molar refractivity (Wildman–Crippen MR) is 133 cm³/mol. The summed E-state index contributed by atoms with van der Waals surface area (Å²) in [5.74, 6) is -1.21. The van der Waals surface area contributed by atoms with E-state index in [2.05, 4.69) is 19.4 Å². The molecule has 2 atom stereocenters. The van der Waals surface area contributed by atoms with E-state index >= 15 is 0 Å². The van der Waals surface area contributed by atoms with Crippen molar-refractivity contribution < 1.29 is 30.7 Å². The third kappa shape index (κ3) is 6.19. The molecule has 2 heterocycles. The summed E-state index contributed by atoms with van der Waals surface area (Å²) in [7, 11) is 0. The smallest absolute Gasteiger partial charge is 0.356 e. The van der Waals surface area contributed by atoms with Crippen molar-refractivity contribution in [1.82, 2.24) is 9.97 Å². The number of hydrogen-bond donors (Lipinski definition) is 4. The van der Waals surface area contributed by atoms with E-state index < -0.39 is 34.5 Å². The Morgan fingerprint density at radius 3 is 1.94 bits per heavy atom. The highest BCUT2D eigenvalue weighted by Crippen LogP contribution is 2.42. The van der Waals surface area contributed by atoms with Crippen molar-refractivity contribution in [1.29, 1.82) is 0 Å². The summed E-state index contributed by atoms with van der Waals surface area (Å²) in [6.45, 7) is 1.01. The lowest BCUT2D eigenvalue weighted by molar-refractivity contribution is -0.144. The molecule has 4 N–H and O–H groups in total. The average molecular weight is 542 g/mol. The lowest BCUT2D eigenvalue weighted by atomic mass is 9.97. The molecule has 0 bridgehead atoms. The number of alkyl halides is 3. The van der Waals surface area contributed by atoms with Crippen molar-refractivity contribution in [3.05, 3.63) is 54.4 Å². The van der Waals surface area contributed by atoms with Crippen molar-refractivity contribution in [3.8, 4) is 22.4 Å². The van der Waals surface area contributed by atoms with Crippen LogP contribution in [0.15, 0.2) is 48.5 Å². The molecule has 0 amide bonds.